The fourth-order valence-corrected chi connectivity index (χ4v) is 1.82. The number of ether oxygens (including phenoxy) is 1. The number of hydrogen-bond donors (Lipinski definition) is 2. The Morgan fingerprint density at radius 2 is 2.17 bits per heavy atom. The SMILES string of the molecule is CC1OC2(CCNCC2)NC1=O. The molecule has 68 valence electrons. The summed E-state index contributed by atoms with van der Waals surface area (Å²) in [4.78, 5) is 11.2. The maximum absolute atomic E-state index is 11.2. The summed E-state index contributed by atoms with van der Waals surface area (Å²) in [6.45, 7) is 3.64. The van der Waals surface area contributed by atoms with Gasteiger partial charge in [0.2, 0.25) is 0 Å². The molecule has 2 aliphatic heterocycles. The molecule has 12 heavy (non-hydrogen) atoms. The Morgan fingerprint density at radius 3 is 2.67 bits per heavy atom. The summed E-state index contributed by atoms with van der Waals surface area (Å²) < 4.78 is 5.60. The van der Waals surface area contributed by atoms with Gasteiger partial charge in [-0.2, -0.15) is 0 Å². The molecule has 0 aliphatic carbocycles. The van der Waals surface area contributed by atoms with Crippen molar-refractivity contribution in [3.05, 3.63) is 0 Å². The topological polar surface area (TPSA) is 50.4 Å². The molecule has 1 unspecified atom stereocenters. The van der Waals surface area contributed by atoms with E-state index in [1.54, 1.807) is 6.92 Å². The van der Waals surface area contributed by atoms with E-state index in [1.807, 2.05) is 0 Å². The summed E-state index contributed by atoms with van der Waals surface area (Å²) in [5.74, 6) is 0.0249. The van der Waals surface area contributed by atoms with Crippen molar-refractivity contribution in [2.75, 3.05) is 13.1 Å². The van der Waals surface area contributed by atoms with E-state index in [0.29, 0.717) is 0 Å². The molecular weight excluding hydrogens is 156 g/mol. The standard InChI is InChI=1S/C8H14N2O2/c1-6-7(11)10-8(12-6)2-4-9-5-3-8/h6,9H,2-5H2,1H3,(H,10,11). The van der Waals surface area contributed by atoms with E-state index in [9.17, 15) is 4.79 Å². The van der Waals surface area contributed by atoms with E-state index in [-0.39, 0.29) is 17.7 Å². The molecule has 0 aromatic rings. The Hall–Kier alpha value is -0.610. The lowest BCUT2D eigenvalue weighted by molar-refractivity contribution is -0.123. The fourth-order valence-electron chi connectivity index (χ4n) is 1.82. The Bertz CT molecular complexity index is 199. The van der Waals surface area contributed by atoms with Gasteiger partial charge in [-0.05, 0) is 20.0 Å². The second kappa shape index (κ2) is 2.71. The molecule has 1 amide bonds. The lowest BCUT2D eigenvalue weighted by Gasteiger charge is -2.32. The zero-order valence-electron chi connectivity index (χ0n) is 7.22. The van der Waals surface area contributed by atoms with Gasteiger partial charge in [0, 0.05) is 12.8 Å². The number of amides is 1. The first kappa shape index (κ1) is 8.01. The first-order valence-corrected chi connectivity index (χ1v) is 4.42. The van der Waals surface area contributed by atoms with Crippen molar-refractivity contribution in [3.63, 3.8) is 0 Å². The van der Waals surface area contributed by atoms with Gasteiger partial charge in [0.05, 0.1) is 0 Å². The monoisotopic (exact) mass is 170 g/mol. The molecule has 2 N–H and O–H groups in total. The van der Waals surface area contributed by atoms with E-state index in [1.165, 1.54) is 0 Å². The van der Waals surface area contributed by atoms with Crippen molar-refractivity contribution in [2.45, 2.75) is 31.6 Å². The molecule has 4 nitrogen and oxygen atoms in total. The average Bonchev–Trinajstić information content (AvgIpc) is 2.29. The van der Waals surface area contributed by atoms with Crippen LogP contribution in [-0.4, -0.2) is 30.8 Å². The van der Waals surface area contributed by atoms with E-state index in [0.717, 1.165) is 25.9 Å². The molecule has 0 radical (unpaired) electrons. The van der Waals surface area contributed by atoms with Gasteiger partial charge < -0.3 is 15.4 Å². The minimum atomic E-state index is -0.345. The highest BCUT2D eigenvalue weighted by atomic mass is 16.5. The molecule has 0 aromatic carbocycles. The third-order valence-electron chi connectivity index (χ3n) is 2.53. The Kier molecular flexibility index (Phi) is 1.81. The first-order chi connectivity index (χ1) is 5.72. The molecule has 2 aliphatic rings. The van der Waals surface area contributed by atoms with E-state index >= 15 is 0 Å². The van der Waals surface area contributed by atoms with Gasteiger partial charge in [-0.1, -0.05) is 0 Å². The number of carbonyl (C=O) groups excluding carboxylic acids is 1. The second-order valence-electron chi connectivity index (χ2n) is 3.49. The van der Waals surface area contributed by atoms with Gasteiger partial charge in [-0.15, -0.1) is 0 Å². The van der Waals surface area contributed by atoms with Gasteiger partial charge in [-0.25, -0.2) is 0 Å². The number of rotatable bonds is 0. The van der Waals surface area contributed by atoms with Crippen LogP contribution >= 0.6 is 0 Å². The van der Waals surface area contributed by atoms with Crippen molar-refractivity contribution >= 4 is 5.91 Å². The molecule has 1 spiro atoms. The van der Waals surface area contributed by atoms with Crippen LogP contribution in [0.15, 0.2) is 0 Å². The molecule has 0 aromatic heterocycles. The van der Waals surface area contributed by atoms with Gasteiger partial charge in [-0.3, -0.25) is 4.79 Å². The van der Waals surface area contributed by atoms with Crippen molar-refractivity contribution in [3.8, 4) is 0 Å². The highest BCUT2D eigenvalue weighted by Crippen LogP contribution is 2.26. The molecule has 2 rings (SSSR count). The summed E-state index contributed by atoms with van der Waals surface area (Å²) in [6, 6.07) is 0. The number of piperidine rings is 1. The average molecular weight is 170 g/mol. The summed E-state index contributed by atoms with van der Waals surface area (Å²) >= 11 is 0. The third-order valence-corrected chi connectivity index (χ3v) is 2.53. The molecule has 2 saturated heterocycles. The fraction of sp³-hybridized carbons (Fsp3) is 0.875. The summed E-state index contributed by atoms with van der Waals surface area (Å²) in [6.07, 6.45) is 1.48. The van der Waals surface area contributed by atoms with Crippen LogP contribution in [0.3, 0.4) is 0 Å². The van der Waals surface area contributed by atoms with Crippen LogP contribution in [-0.2, 0) is 9.53 Å². The molecule has 4 heteroatoms. The molecule has 0 bridgehead atoms. The molecule has 2 fully saturated rings. The highest BCUT2D eigenvalue weighted by Gasteiger charge is 2.43. The molecule has 0 saturated carbocycles. The van der Waals surface area contributed by atoms with Gasteiger partial charge >= 0.3 is 0 Å². The predicted octanol–water partition coefficient (Wildman–Crippen LogP) is -0.399. The smallest absolute Gasteiger partial charge is 0.251 e. The van der Waals surface area contributed by atoms with Crippen LogP contribution in [0.4, 0.5) is 0 Å². The Balaban J connectivity index is 2.07. The van der Waals surface area contributed by atoms with Crippen molar-refractivity contribution in [1.82, 2.24) is 10.6 Å². The minimum absolute atomic E-state index is 0.0249. The second-order valence-corrected chi connectivity index (χ2v) is 3.49. The van der Waals surface area contributed by atoms with Crippen LogP contribution in [0, 0.1) is 0 Å². The van der Waals surface area contributed by atoms with Crippen LogP contribution in [0.25, 0.3) is 0 Å². The van der Waals surface area contributed by atoms with Crippen LogP contribution in [0.1, 0.15) is 19.8 Å². The summed E-state index contributed by atoms with van der Waals surface area (Å²) in [5.41, 5.74) is -0.345. The maximum atomic E-state index is 11.2. The largest absolute Gasteiger partial charge is 0.343 e. The number of nitrogens with one attached hydrogen (secondary N) is 2. The van der Waals surface area contributed by atoms with E-state index < -0.39 is 0 Å². The van der Waals surface area contributed by atoms with Gasteiger partial charge in [0.1, 0.15) is 11.8 Å². The lowest BCUT2D eigenvalue weighted by Crippen LogP contribution is -2.50. The van der Waals surface area contributed by atoms with E-state index in [2.05, 4.69) is 10.6 Å². The van der Waals surface area contributed by atoms with Gasteiger partial charge in [0.25, 0.3) is 5.91 Å². The van der Waals surface area contributed by atoms with Crippen molar-refractivity contribution < 1.29 is 9.53 Å². The quantitative estimate of drug-likeness (QED) is 0.520. The zero-order valence-corrected chi connectivity index (χ0v) is 7.22. The van der Waals surface area contributed by atoms with E-state index in [4.69, 9.17) is 4.74 Å². The number of carbonyl (C=O) groups is 1. The van der Waals surface area contributed by atoms with Crippen LogP contribution in [0.2, 0.25) is 0 Å². The summed E-state index contributed by atoms with van der Waals surface area (Å²) in [5, 5.41) is 6.15. The normalized spacial score (nSPS) is 33.8. The molecular formula is C8H14N2O2. The van der Waals surface area contributed by atoms with Gasteiger partial charge in [0.15, 0.2) is 0 Å². The van der Waals surface area contributed by atoms with Crippen molar-refractivity contribution in [1.29, 1.82) is 0 Å². The zero-order chi connectivity index (χ0) is 8.60. The minimum Gasteiger partial charge on any atom is -0.343 e. The summed E-state index contributed by atoms with van der Waals surface area (Å²) in [7, 11) is 0. The Labute approximate surface area is 71.7 Å². The van der Waals surface area contributed by atoms with Crippen molar-refractivity contribution in [2.24, 2.45) is 0 Å². The first-order valence-electron chi connectivity index (χ1n) is 4.42. The third kappa shape index (κ3) is 1.21. The predicted molar refractivity (Wildman–Crippen MR) is 43.5 cm³/mol. The highest BCUT2D eigenvalue weighted by molar-refractivity contribution is 5.82. The molecule has 1 atom stereocenters. The van der Waals surface area contributed by atoms with Crippen LogP contribution < -0.4 is 10.6 Å². The molecule has 2 heterocycles. The van der Waals surface area contributed by atoms with Crippen LogP contribution in [0.5, 0.6) is 0 Å². The number of hydrogen-bond acceptors (Lipinski definition) is 3. The lowest BCUT2D eigenvalue weighted by atomic mass is 10.0. The Morgan fingerprint density at radius 1 is 1.50 bits per heavy atom. The maximum Gasteiger partial charge on any atom is 0.251 e.